The lowest BCUT2D eigenvalue weighted by Gasteiger charge is -2.26. The first-order chi connectivity index (χ1) is 8.13. The van der Waals surface area contributed by atoms with E-state index in [1.54, 1.807) is 0 Å². The van der Waals surface area contributed by atoms with Crippen LogP contribution in [0.1, 0.15) is 31.7 Å². The SMILES string of the molecule is CCCN(c1ccc(Br)cc1C(N)=S)C1CC1. The van der Waals surface area contributed by atoms with Crippen LogP contribution in [0.15, 0.2) is 22.7 Å². The number of thiocarbonyl (C=S) groups is 1. The number of nitrogens with zero attached hydrogens (tertiary/aromatic N) is 1. The Bertz CT molecular complexity index is 429. The molecule has 2 rings (SSSR count). The highest BCUT2D eigenvalue weighted by Crippen LogP contribution is 2.34. The van der Waals surface area contributed by atoms with Gasteiger partial charge in [0.25, 0.3) is 0 Å². The smallest absolute Gasteiger partial charge is 0.106 e. The number of hydrogen-bond donors (Lipinski definition) is 1. The molecule has 92 valence electrons. The van der Waals surface area contributed by atoms with Crippen molar-refractivity contribution >= 4 is 38.8 Å². The van der Waals surface area contributed by atoms with Crippen LogP contribution in [0.4, 0.5) is 5.69 Å². The minimum Gasteiger partial charge on any atom is -0.389 e. The highest BCUT2D eigenvalue weighted by atomic mass is 79.9. The first-order valence-corrected chi connectivity index (χ1v) is 7.19. The van der Waals surface area contributed by atoms with Gasteiger partial charge in [-0.1, -0.05) is 35.1 Å². The summed E-state index contributed by atoms with van der Waals surface area (Å²) in [6, 6.07) is 6.88. The normalized spacial score (nSPS) is 14.7. The van der Waals surface area contributed by atoms with E-state index < -0.39 is 0 Å². The second-order valence-electron chi connectivity index (χ2n) is 4.45. The van der Waals surface area contributed by atoms with E-state index in [0.29, 0.717) is 11.0 Å². The Labute approximate surface area is 116 Å². The van der Waals surface area contributed by atoms with Crippen LogP contribution in [0.5, 0.6) is 0 Å². The van der Waals surface area contributed by atoms with Crippen molar-refractivity contribution in [2.24, 2.45) is 5.73 Å². The zero-order valence-corrected chi connectivity index (χ0v) is 12.4. The lowest BCUT2D eigenvalue weighted by Crippen LogP contribution is -2.29. The van der Waals surface area contributed by atoms with E-state index in [1.165, 1.54) is 18.5 Å². The molecule has 1 aromatic rings. The quantitative estimate of drug-likeness (QED) is 0.844. The van der Waals surface area contributed by atoms with Crippen LogP contribution in [-0.4, -0.2) is 17.6 Å². The second-order valence-corrected chi connectivity index (χ2v) is 5.81. The monoisotopic (exact) mass is 312 g/mol. The van der Waals surface area contributed by atoms with Gasteiger partial charge in [-0.15, -0.1) is 0 Å². The van der Waals surface area contributed by atoms with Gasteiger partial charge in [-0.3, -0.25) is 0 Å². The van der Waals surface area contributed by atoms with Crippen LogP contribution in [0.3, 0.4) is 0 Å². The Hall–Kier alpha value is -0.610. The molecule has 2 nitrogen and oxygen atoms in total. The van der Waals surface area contributed by atoms with Gasteiger partial charge in [0, 0.05) is 28.3 Å². The van der Waals surface area contributed by atoms with Crippen molar-refractivity contribution in [3.8, 4) is 0 Å². The third-order valence-electron chi connectivity index (χ3n) is 2.99. The highest BCUT2D eigenvalue weighted by Gasteiger charge is 2.30. The molecule has 0 spiro atoms. The van der Waals surface area contributed by atoms with Gasteiger partial charge in [-0.05, 0) is 37.5 Å². The van der Waals surface area contributed by atoms with E-state index in [-0.39, 0.29) is 0 Å². The van der Waals surface area contributed by atoms with Crippen molar-refractivity contribution in [3.05, 3.63) is 28.2 Å². The Kier molecular flexibility index (Phi) is 4.05. The molecular formula is C13H17BrN2S. The zero-order chi connectivity index (χ0) is 12.4. The van der Waals surface area contributed by atoms with Gasteiger partial charge in [0.1, 0.15) is 4.99 Å². The van der Waals surface area contributed by atoms with E-state index in [2.05, 4.69) is 39.9 Å². The summed E-state index contributed by atoms with van der Waals surface area (Å²) in [4.78, 5) is 2.92. The molecule has 4 heteroatoms. The van der Waals surface area contributed by atoms with E-state index in [9.17, 15) is 0 Å². The second kappa shape index (κ2) is 5.36. The zero-order valence-electron chi connectivity index (χ0n) is 9.95. The van der Waals surface area contributed by atoms with Gasteiger partial charge in [0.2, 0.25) is 0 Å². The van der Waals surface area contributed by atoms with Crippen molar-refractivity contribution in [2.75, 3.05) is 11.4 Å². The number of benzene rings is 1. The van der Waals surface area contributed by atoms with Crippen LogP contribution in [0, 0.1) is 0 Å². The van der Waals surface area contributed by atoms with Gasteiger partial charge in [0.05, 0.1) is 0 Å². The fraction of sp³-hybridized carbons (Fsp3) is 0.462. The highest BCUT2D eigenvalue weighted by molar-refractivity contribution is 9.10. The Morgan fingerprint density at radius 2 is 2.24 bits per heavy atom. The van der Waals surface area contributed by atoms with Crippen molar-refractivity contribution in [1.29, 1.82) is 0 Å². The predicted molar refractivity (Wildman–Crippen MR) is 80.7 cm³/mol. The maximum Gasteiger partial charge on any atom is 0.106 e. The maximum absolute atomic E-state index is 5.82. The number of nitrogens with two attached hydrogens (primary N) is 1. The number of anilines is 1. The van der Waals surface area contributed by atoms with Crippen LogP contribution < -0.4 is 10.6 Å². The van der Waals surface area contributed by atoms with E-state index in [4.69, 9.17) is 18.0 Å². The maximum atomic E-state index is 5.82. The van der Waals surface area contributed by atoms with Crippen molar-refractivity contribution in [3.63, 3.8) is 0 Å². The van der Waals surface area contributed by atoms with E-state index in [1.807, 2.05) is 6.07 Å². The standard InChI is InChI=1S/C13H17BrN2S/c1-2-7-16(10-4-5-10)12-6-3-9(14)8-11(12)13(15)17/h3,6,8,10H,2,4-5,7H2,1H3,(H2,15,17). The molecule has 0 amide bonds. The molecule has 1 fully saturated rings. The summed E-state index contributed by atoms with van der Waals surface area (Å²) in [5.41, 5.74) is 7.99. The largest absolute Gasteiger partial charge is 0.389 e. The Balaban J connectivity index is 2.37. The molecule has 0 saturated heterocycles. The van der Waals surface area contributed by atoms with Gasteiger partial charge in [-0.2, -0.15) is 0 Å². The van der Waals surface area contributed by atoms with E-state index in [0.717, 1.165) is 23.0 Å². The molecule has 1 aliphatic rings. The molecule has 1 aromatic carbocycles. The molecule has 0 aromatic heterocycles. The van der Waals surface area contributed by atoms with Crippen LogP contribution in [0.25, 0.3) is 0 Å². The van der Waals surface area contributed by atoms with E-state index >= 15 is 0 Å². The fourth-order valence-electron chi connectivity index (χ4n) is 2.08. The molecule has 0 bridgehead atoms. The first kappa shape index (κ1) is 12.8. The molecule has 2 N–H and O–H groups in total. The Morgan fingerprint density at radius 1 is 1.53 bits per heavy atom. The summed E-state index contributed by atoms with van der Waals surface area (Å²) in [5.74, 6) is 0. The summed E-state index contributed by atoms with van der Waals surface area (Å²) in [5, 5.41) is 0. The lowest BCUT2D eigenvalue weighted by atomic mass is 10.1. The summed E-state index contributed by atoms with van der Waals surface area (Å²) in [6.45, 7) is 3.27. The van der Waals surface area contributed by atoms with Gasteiger partial charge >= 0.3 is 0 Å². The molecule has 0 unspecified atom stereocenters. The minimum atomic E-state index is 0.475. The summed E-state index contributed by atoms with van der Waals surface area (Å²) < 4.78 is 1.02. The minimum absolute atomic E-state index is 0.475. The summed E-state index contributed by atoms with van der Waals surface area (Å²) in [6.07, 6.45) is 3.71. The Morgan fingerprint density at radius 3 is 2.76 bits per heavy atom. The molecule has 1 aliphatic carbocycles. The third-order valence-corrected chi connectivity index (χ3v) is 3.70. The van der Waals surface area contributed by atoms with Crippen LogP contribution in [0.2, 0.25) is 0 Å². The molecule has 0 aliphatic heterocycles. The van der Waals surface area contributed by atoms with Gasteiger partial charge in [-0.25, -0.2) is 0 Å². The molecule has 0 radical (unpaired) electrons. The predicted octanol–water partition coefficient (Wildman–Crippen LogP) is 3.46. The van der Waals surface area contributed by atoms with Crippen molar-refractivity contribution in [2.45, 2.75) is 32.2 Å². The fourth-order valence-corrected chi connectivity index (χ4v) is 2.61. The number of halogens is 1. The topological polar surface area (TPSA) is 29.3 Å². The lowest BCUT2D eigenvalue weighted by molar-refractivity contribution is 0.762. The van der Waals surface area contributed by atoms with Crippen molar-refractivity contribution < 1.29 is 0 Å². The molecular weight excluding hydrogens is 296 g/mol. The van der Waals surface area contributed by atoms with Crippen LogP contribution in [-0.2, 0) is 0 Å². The third kappa shape index (κ3) is 2.99. The molecule has 0 atom stereocenters. The molecule has 0 heterocycles. The summed E-state index contributed by atoms with van der Waals surface area (Å²) in [7, 11) is 0. The molecule has 17 heavy (non-hydrogen) atoms. The average Bonchev–Trinajstić information content (AvgIpc) is 3.10. The average molecular weight is 313 g/mol. The number of rotatable bonds is 5. The van der Waals surface area contributed by atoms with Gasteiger partial charge < -0.3 is 10.6 Å². The van der Waals surface area contributed by atoms with Crippen molar-refractivity contribution in [1.82, 2.24) is 0 Å². The molecule has 1 saturated carbocycles. The van der Waals surface area contributed by atoms with Gasteiger partial charge in [0.15, 0.2) is 0 Å². The first-order valence-electron chi connectivity index (χ1n) is 5.99. The summed E-state index contributed by atoms with van der Waals surface area (Å²) >= 11 is 8.62. The number of hydrogen-bond acceptors (Lipinski definition) is 2. The van der Waals surface area contributed by atoms with Crippen LogP contribution >= 0.6 is 28.1 Å².